The number of hydrogen-bond donors (Lipinski definition) is 1. The van der Waals surface area contributed by atoms with Crippen molar-refractivity contribution in [1.29, 1.82) is 0 Å². The fourth-order valence-corrected chi connectivity index (χ4v) is 8.58. The zero-order valence-electron chi connectivity index (χ0n) is 29.2. The van der Waals surface area contributed by atoms with Gasteiger partial charge in [0.1, 0.15) is 5.75 Å². The molecule has 1 saturated carbocycles. The number of ether oxygens (including phenoxy) is 2. The zero-order chi connectivity index (χ0) is 33.5. The van der Waals surface area contributed by atoms with Crippen LogP contribution in [-0.2, 0) is 11.3 Å². The van der Waals surface area contributed by atoms with Gasteiger partial charge in [0.25, 0.3) is 5.91 Å². The molecule has 4 aromatic rings. The van der Waals surface area contributed by atoms with Crippen LogP contribution in [-0.4, -0.2) is 82.4 Å². The van der Waals surface area contributed by atoms with Crippen molar-refractivity contribution in [3.63, 3.8) is 0 Å². The van der Waals surface area contributed by atoms with Gasteiger partial charge in [-0.15, -0.1) is 0 Å². The third-order valence-electron chi connectivity index (χ3n) is 11.8. The molecule has 6 heterocycles. The highest BCUT2D eigenvalue weighted by Crippen LogP contribution is 2.44. The lowest BCUT2D eigenvalue weighted by atomic mass is 9.70. The predicted molar refractivity (Wildman–Crippen MR) is 192 cm³/mol. The summed E-state index contributed by atoms with van der Waals surface area (Å²) < 4.78 is 14.0. The lowest BCUT2D eigenvalue weighted by Crippen LogP contribution is -2.54. The average Bonchev–Trinajstić information content (AvgIpc) is 3.41. The molecule has 2 bridgehead atoms. The largest absolute Gasteiger partial charge is 0.493 e. The van der Waals surface area contributed by atoms with Crippen LogP contribution in [0, 0.1) is 19.3 Å². The van der Waals surface area contributed by atoms with Gasteiger partial charge in [-0.05, 0) is 126 Å². The van der Waals surface area contributed by atoms with Gasteiger partial charge in [0.2, 0.25) is 5.95 Å². The number of nitrogens with zero attached hydrogens (tertiary/aromatic N) is 6. The second-order valence-corrected chi connectivity index (χ2v) is 14.8. The van der Waals surface area contributed by atoms with Crippen molar-refractivity contribution in [1.82, 2.24) is 24.4 Å². The molecule has 10 nitrogen and oxygen atoms in total. The maximum atomic E-state index is 13.8. The van der Waals surface area contributed by atoms with Gasteiger partial charge >= 0.3 is 0 Å². The van der Waals surface area contributed by atoms with Gasteiger partial charge in [0, 0.05) is 62.1 Å². The fourth-order valence-electron chi connectivity index (χ4n) is 8.58. The Morgan fingerprint density at radius 1 is 0.939 bits per heavy atom. The van der Waals surface area contributed by atoms with E-state index in [9.17, 15) is 4.79 Å². The molecule has 1 N–H and O–H groups in total. The van der Waals surface area contributed by atoms with Crippen LogP contribution in [0.4, 0.5) is 11.6 Å². The number of carbonyl (C=O) groups is 1. The molecule has 3 fully saturated rings. The summed E-state index contributed by atoms with van der Waals surface area (Å²) in [7, 11) is 1.85. The molecule has 3 aliphatic heterocycles. The van der Waals surface area contributed by atoms with E-state index in [0.717, 1.165) is 73.0 Å². The van der Waals surface area contributed by atoms with E-state index in [0.29, 0.717) is 35.3 Å². The number of imidazole rings is 1. The summed E-state index contributed by atoms with van der Waals surface area (Å²) in [6.07, 6.45) is 14.4. The van der Waals surface area contributed by atoms with Crippen LogP contribution < -0.4 is 15.0 Å². The normalized spacial score (nSPS) is 23.1. The van der Waals surface area contributed by atoms with Crippen LogP contribution >= 0.6 is 0 Å². The van der Waals surface area contributed by atoms with Crippen molar-refractivity contribution in [3.05, 3.63) is 59.5 Å². The number of piperidine rings is 2. The van der Waals surface area contributed by atoms with Gasteiger partial charge in [-0.25, -0.2) is 4.98 Å². The molecule has 1 aliphatic carbocycles. The molecule has 8 rings (SSSR count). The summed E-state index contributed by atoms with van der Waals surface area (Å²) in [5, 5.41) is 3.18. The third-order valence-corrected chi connectivity index (χ3v) is 11.8. The first-order chi connectivity index (χ1) is 23.9. The Morgan fingerprint density at radius 3 is 2.53 bits per heavy atom. The highest BCUT2D eigenvalue weighted by atomic mass is 16.5. The van der Waals surface area contributed by atoms with Gasteiger partial charge < -0.3 is 23.8 Å². The standard InChI is InChI=1S/C39H49N7O3/c1-26-19-33-35(24-34(26)45-16-10-39(11-17-45)8-14-44(15-9-39)29-22-30(23-29)48-3)46-13-5-4-6-18-49-36-7-12-40-25-31(36)32-21-28(20-27(2)41-32)37(47)43-38(46)42-33/h7,12,19-21,24-25,29-30H,4-6,8-11,13-18,22-23H2,1-3H3,(H,42,43,47). The van der Waals surface area contributed by atoms with E-state index in [1.54, 1.807) is 12.4 Å². The van der Waals surface area contributed by atoms with E-state index < -0.39 is 0 Å². The number of aromatic nitrogens is 4. The Labute approximate surface area is 289 Å². The first-order valence-corrected chi connectivity index (χ1v) is 18.3. The monoisotopic (exact) mass is 663 g/mol. The van der Waals surface area contributed by atoms with Crippen molar-refractivity contribution < 1.29 is 14.3 Å². The average molecular weight is 664 g/mol. The molecule has 0 radical (unpaired) electrons. The van der Waals surface area contributed by atoms with E-state index in [1.165, 1.54) is 62.9 Å². The molecule has 0 atom stereocenters. The smallest absolute Gasteiger partial charge is 0.258 e. The van der Waals surface area contributed by atoms with Gasteiger partial charge in [-0.1, -0.05) is 0 Å². The Balaban J connectivity index is 1.03. The summed E-state index contributed by atoms with van der Waals surface area (Å²) in [6, 6.07) is 10.8. The SMILES string of the molecule is COC1CC(N2CCC3(CCN(c4cc5c(cc4C)nc4n5CCCCCOc5ccncc5-c5cc(cc(C)n5)C(=O)N4)CC3)CC2)C1. The van der Waals surface area contributed by atoms with Crippen molar-refractivity contribution in [2.75, 3.05) is 50.1 Å². The van der Waals surface area contributed by atoms with E-state index in [2.05, 4.69) is 43.7 Å². The van der Waals surface area contributed by atoms with Gasteiger partial charge in [0.15, 0.2) is 0 Å². The Bertz CT molecular complexity index is 1830. The highest BCUT2D eigenvalue weighted by molar-refractivity contribution is 6.05. The molecule has 1 aromatic carbocycles. The Kier molecular flexibility index (Phi) is 8.78. The fraction of sp³-hybridized carbons (Fsp3) is 0.538. The predicted octanol–water partition coefficient (Wildman–Crippen LogP) is 6.78. The molecule has 0 unspecified atom stereocenters. The second kappa shape index (κ2) is 13.4. The highest BCUT2D eigenvalue weighted by Gasteiger charge is 2.42. The number of likely N-dealkylation sites (tertiary alicyclic amines) is 1. The minimum Gasteiger partial charge on any atom is -0.493 e. The van der Waals surface area contributed by atoms with Crippen LogP contribution in [0.15, 0.2) is 42.7 Å². The number of methoxy groups -OCH3 is 1. The molecule has 10 heteroatoms. The first-order valence-electron chi connectivity index (χ1n) is 18.3. The summed E-state index contributed by atoms with van der Waals surface area (Å²) in [4.78, 5) is 33.2. The Morgan fingerprint density at radius 2 is 1.73 bits per heavy atom. The summed E-state index contributed by atoms with van der Waals surface area (Å²) >= 11 is 0. The number of rotatable bonds is 3. The number of benzene rings is 1. The lowest BCUT2D eigenvalue weighted by molar-refractivity contribution is -0.0480. The van der Waals surface area contributed by atoms with Crippen molar-refractivity contribution >= 4 is 28.6 Å². The lowest BCUT2D eigenvalue weighted by Gasteiger charge is -2.51. The number of carbonyl (C=O) groups excluding carboxylic acids is 1. The number of nitrogens with one attached hydrogen (secondary N) is 1. The van der Waals surface area contributed by atoms with Crippen molar-refractivity contribution in [2.45, 2.75) is 90.3 Å². The van der Waals surface area contributed by atoms with Crippen LogP contribution in [0.1, 0.15) is 79.4 Å². The number of amides is 1. The minimum absolute atomic E-state index is 0.204. The molecule has 4 aliphatic rings. The van der Waals surface area contributed by atoms with Crippen molar-refractivity contribution in [3.8, 4) is 17.0 Å². The molecule has 1 spiro atoms. The van der Waals surface area contributed by atoms with Gasteiger partial charge in [-0.3, -0.25) is 20.1 Å². The Hall–Kier alpha value is -4.02. The number of pyridine rings is 2. The number of hydrogen-bond acceptors (Lipinski definition) is 8. The summed E-state index contributed by atoms with van der Waals surface area (Å²) in [6.45, 7) is 10.1. The van der Waals surface area contributed by atoms with Crippen molar-refractivity contribution in [2.24, 2.45) is 5.41 Å². The summed E-state index contributed by atoms with van der Waals surface area (Å²) in [5.41, 5.74) is 7.73. The second-order valence-electron chi connectivity index (χ2n) is 14.8. The number of anilines is 2. The van der Waals surface area contributed by atoms with E-state index in [4.69, 9.17) is 19.4 Å². The van der Waals surface area contributed by atoms with Crippen LogP contribution in [0.5, 0.6) is 5.75 Å². The molecule has 3 aromatic heterocycles. The number of fused-ring (bicyclic) bond motifs is 7. The molecule has 1 amide bonds. The zero-order valence-corrected chi connectivity index (χ0v) is 29.2. The van der Waals surface area contributed by atoms with E-state index in [1.807, 2.05) is 32.2 Å². The number of aryl methyl sites for hydroxylation is 3. The van der Waals surface area contributed by atoms with E-state index in [-0.39, 0.29) is 5.91 Å². The first kappa shape index (κ1) is 32.2. The van der Waals surface area contributed by atoms with Crippen LogP contribution in [0.3, 0.4) is 0 Å². The molecular formula is C39H49N7O3. The van der Waals surface area contributed by atoms with Gasteiger partial charge in [0.05, 0.1) is 35.0 Å². The minimum atomic E-state index is -0.204. The molecule has 49 heavy (non-hydrogen) atoms. The quantitative estimate of drug-likeness (QED) is 0.256. The maximum absolute atomic E-state index is 13.8. The van der Waals surface area contributed by atoms with Gasteiger partial charge in [-0.2, -0.15) is 0 Å². The van der Waals surface area contributed by atoms with Crippen LogP contribution in [0.2, 0.25) is 0 Å². The molecular weight excluding hydrogens is 614 g/mol. The topological polar surface area (TPSA) is 97.6 Å². The molecule has 2 saturated heterocycles. The van der Waals surface area contributed by atoms with Crippen LogP contribution in [0.25, 0.3) is 22.3 Å². The maximum Gasteiger partial charge on any atom is 0.258 e. The third kappa shape index (κ3) is 6.41. The van der Waals surface area contributed by atoms with E-state index >= 15 is 0 Å². The summed E-state index contributed by atoms with van der Waals surface area (Å²) in [5.74, 6) is 1.12. The molecule has 258 valence electrons.